The van der Waals surface area contributed by atoms with Crippen LogP contribution in [0.2, 0.25) is 0 Å². The summed E-state index contributed by atoms with van der Waals surface area (Å²) in [6.45, 7) is 11.0. The lowest BCUT2D eigenvalue weighted by Gasteiger charge is -1.96. The van der Waals surface area contributed by atoms with Gasteiger partial charge in [0, 0.05) is 11.5 Å². The van der Waals surface area contributed by atoms with E-state index in [4.69, 9.17) is 4.74 Å². The lowest BCUT2D eigenvalue weighted by atomic mass is 10.0. The average molecular weight is 194 g/mol. The molecule has 0 amide bonds. The van der Waals surface area contributed by atoms with Gasteiger partial charge in [-0.1, -0.05) is 52.8 Å². The molecule has 1 aromatic carbocycles. The Bertz CT molecular complexity index is 243. The second-order valence-corrected chi connectivity index (χ2v) is 2.75. The predicted octanol–water partition coefficient (Wildman–Crippen LogP) is 4.23. The van der Waals surface area contributed by atoms with E-state index in [0.29, 0.717) is 5.92 Å². The smallest absolute Gasteiger partial charge is 0.122 e. The lowest BCUT2D eigenvalue weighted by Crippen LogP contribution is -1.93. The molecule has 0 saturated heterocycles. The number of ether oxygens (including phenoxy) is 1. The minimum absolute atomic E-state index is 0.580. The monoisotopic (exact) mass is 194 g/mol. The van der Waals surface area contributed by atoms with Crippen LogP contribution in [0.3, 0.4) is 0 Å². The van der Waals surface area contributed by atoms with Crippen molar-refractivity contribution >= 4 is 0 Å². The SMILES string of the molecule is CC.CC.C[C@H]1COc2ccccc21. The quantitative estimate of drug-likeness (QED) is 0.600. The van der Waals surface area contributed by atoms with E-state index in [1.165, 1.54) is 5.56 Å². The van der Waals surface area contributed by atoms with E-state index >= 15 is 0 Å². The average Bonchev–Trinajstić information content (AvgIpc) is 2.67. The van der Waals surface area contributed by atoms with Gasteiger partial charge < -0.3 is 4.74 Å². The molecule has 1 aromatic rings. The molecular weight excluding hydrogens is 172 g/mol. The molecule has 1 aliphatic heterocycles. The highest BCUT2D eigenvalue weighted by Gasteiger charge is 2.17. The zero-order chi connectivity index (χ0) is 11.0. The highest BCUT2D eigenvalue weighted by molar-refractivity contribution is 5.38. The van der Waals surface area contributed by atoms with Crippen molar-refractivity contribution in [2.75, 3.05) is 6.61 Å². The van der Waals surface area contributed by atoms with Gasteiger partial charge in [0.25, 0.3) is 0 Å². The summed E-state index contributed by atoms with van der Waals surface area (Å²) in [6, 6.07) is 8.23. The Morgan fingerprint density at radius 3 is 2.21 bits per heavy atom. The summed E-state index contributed by atoms with van der Waals surface area (Å²) < 4.78 is 5.41. The van der Waals surface area contributed by atoms with Gasteiger partial charge in [0.05, 0.1) is 6.61 Å². The number of fused-ring (bicyclic) bond motifs is 1. The number of para-hydroxylation sites is 1. The normalized spacial score (nSPS) is 16.5. The summed E-state index contributed by atoms with van der Waals surface area (Å²) >= 11 is 0. The van der Waals surface area contributed by atoms with Crippen molar-refractivity contribution in [2.24, 2.45) is 0 Å². The van der Waals surface area contributed by atoms with Crippen LogP contribution >= 0.6 is 0 Å². The van der Waals surface area contributed by atoms with E-state index in [9.17, 15) is 0 Å². The standard InChI is InChI=1S/C9H10O.2C2H6/c1-7-6-10-9-5-3-2-4-8(7)9;2*1-2/h2-5,7H,6H2,1H3;2*1-2H3/t7-;;/m0../s1. The van der Waals surface area contributed by atoms with Crippen LogP contribution in [0.25, 0.3) is 0 Å². The first-order valence-corrected chi connectivity index (χ1v) is 5.59. The Hall–Kier alpha value is -0.980. The van der Waals surface area contributed by atoms with E-state index in [-0.39, 0.29) is 0 Å². The van der Waals surface area contributed by atoms with Gasteiger partial charge in [-0.25, -0.2) is 0 Å². The minimum atomic E-state index is 0.580. The zero-order valence-corrected chi connectivity index (χ0v) is 10.0. The van der Waals surface area contributed by atoms with Gasteiger partial charge in [-0.05, 0) is 6.07 Å². The highest BCUT2D eigenvalue weighted by Crippen LogP contribution is 2.32. The molecular formula is C13H22O. The summed E-state index contributed by atoms with van der Waals surface area (Å²) in [7, 11) is 0. The van der Waals surface area contributed by atoms with E-state index in [0.717, 1.165) is 12.4 Å². The van der Waals surface area contributed by atoms with Crippen LogP contribution in [0.15, 0.2) is 24.3 Å². The van der Waals surface area contributed by atoms with Crippen LogP contribution in [0, 0.1) is 0 Å². The van der Waals surface area contributed by atoms with Crippen molar-refractivity contribution in [3.8, 4) is 5.75 Å². The molecule has 14 heavy (non-hydrogen) atoms. The van der Waals surface area contributed by atoms with E-state index in [2.05, 4.69) is 19.1 Å². The van der Waals surface area contributed by atoms with Crippen LogP contribution < -0.4 is 4.74 Å². The van der Waals surface area contributed by atoms with Gasteiger partial charge in [0.1, 0.15) is 5.75 Å². The van der Waals surface area contributed by atoms with Crippen molar-refractivity contribution in [2.45, 2.75) is 40.5 Å². The second kappa shape index (κ2) is 7.43. The highest BCUT2D eigenvalue weighted by atomic mass is 16.5. The molecule has 1 atom stereocenters. The summed E-state index contributed by atoms with van der Waals surface area (Å²) in [5.74, 6) is 1.64. The molecule has 0 aromatic heterocycles. The largest absolute Gasteiger partial charge is 0.493 e. The molecule has 1 aliphatic rings. The Kier molecular flexibility index (Phi) is 6.91. The molecule has 1 heteroatoms. The summed E-state index contributed by atoms with van der Waals surface area (Å²) in [5, 5.41) is 0. The zero-order valence-electron chi connectivity index (χ0n) is 10.0. The van der Waals surface area contributed by atoms with E-state index in [1.54, 1.807) is 0 Å². The molecule has 1 nitrogen and oxygen atoms in total. The van der Waals surface area contributed by atoms with Crippen molar-refractivity contribution < 1.29 is 4.74 Å². The Morgan fingerprint density at radius 1 is 1.07 bits per heavy atom. The topological polar surface area (TPSA) is 9.23 Å². The van der Waals surface area contributed by atoms with Crippen molar-refractivity contribution in [1.82, 2.24) is 0 Å². The third kappa shape index (κ3) is 3.06. The number of rotatable bonds is 0. The molecule has 0 unspecified atom stereocenters. The summed E-state index contributed by atoms with van der Waals surface area (Å²) in [6.07, 6.45) is 0. The fourth-order valence-corrected chi connectivity index (χ4v) is 1.32. The van der Waals surface area contributed by atoms with Crippen LogP contribution in [-0.4, -0.2) is 6.61 Å². The maximum absolute atomic E-state index is 5.41. The van der Waals surface area contributed by atoms with Gasteiger partial charge in [0.2, 0.25) is 0 Å². The Labute approximate surface area is 88.1 Å². The first kappa shape index (κ1) is 13.0. The lowest BCUT2D eigenvalue weighted by molar-refractivity contribution is 0.337. The number of benzene rings is 1. The fourth-order valence-electron chi connectivity index (χ4n) is 1.32. The maximum atomic E-state index is 5.41. The molecule has 0 spiro atoms. The molecule has 0 N–H and O–H groups in total. The third-order valence-electron chi connectivity index (χ3n) is 1.94. The van der Waals surface area contributed by atoms with E-state index < -0.39 is 0 Å². The van der Waals surface area contributed by atoms with Crippen molar-refractivity contribution in [1.29, 1.82) is 0 Å². The summed E-state index contributed by atoms with van der Waals surface area (Å²) in [4.78, 5) is 0. The number of hydrogen-bond donors (Lipinski definition) is 0. The second-order valence-electron chi connectivity index (χ2n) is 2.75. The van der Waals surface area contributed by atoms with Crippen molar-refractivity contribution in [3.63, 3.8) is 0 Å². The van der Waals surface area contributed by atoms with Gasteiger partial charge in [-0.2, -0.15) is 0 Å². The molecule has 0 radical (unpaired) electrons. The van der Waals surface area contributed by atoms with Crippen molar-refractivity contribution in [3.05, 3.63) is 29.8 Å². The molecule has 1 heterocycles. The summed E-state index contributed by atoms with van der Waals surface area (Å²) in [5.41, 5.74) is 1.35. The predicted molar refractivity (Wildman–Crippen MR) is 63.0 cm³/mol. The molecule has 2 rings (SSSR count). The van der Waals surface area contributed by atoms with Gasteiger partial charge >= 0.3 is 0 Å². The van der Waals surface area contributed by atoms with Crippen LogP contribution in [0.5, 0.6) is 5.75 Å². The molecule has 0 saturated carbocycles. The molecule has 80 valence electrons. The van der Waals surface area contributed by atoms with Crippen LogP contribution in [-0.2, 0) is 0 Å². The first-order chi connectivity index (χ1) is 6.88. The number of hydrogen-bond acceptors (Lipinski definition) is 1. The van der Waals surface area contributed by atoms with E-state index in [1.807, 2.05) is 39.8 Å². The first-order valence-electron chi connectivity index (χ1n) is 5.59. The maximum Gasteiger partial charge on any atom is 0.122 e. The van der Waals surface area contributed by atoms with Gasteiger partial charge in [-0.3, -0.25) is 0 Å². The molecule has 0 aliphatic carbocycles. The fraction of sp³-hybridized carbons (Fsp3) is 0.538. The third-order valence-corrected chi connectivity index (χ3v) is 1.94. The molecule has 0 fully saturated rings. The Balaban J connectivity index is 0.000000379. The Morgan fingerprint density at radius 2 is 1.64 bits per heavy atom. The van der Waals surface area contributed by atoms with Gasteiger partial charge in [0.15, 0.2) is 0 Å². The van der Waals surface area contributed by atoms with Gasteiger partial charge in [-0.15, -0.1) is 0 Å². The van der Waals surface area contributed by atoms with Crippen LogP contribution in [0.4, 0.5) is 0 Å². The minimum Gasteiger partial charge on any atom is -0.493 e. The molecule has 0 bridgehead atoms. The van der Waals surface area contributed by atoms with Crippen LogP contribution in [0.1, 0.15) is 46.1 Å².